The van der Waals surface area contributed by atoms with E-state index in [1.54, 1.807) is 6.92 Å². The second-order valence-corrected chi connectivity index (χ2v) is 5.72. The Hall–Kier alpha value is -0.940. The third kappa shape index (κ3) is 4.28. The van der Waals surface area contributed by atoms with Crippen LogP contribution in [0.1, 0.15) is 19.8 Å². The number of amides is 1. The molecule has 108 valence electrons. The largest absolute Gasteiger partial charge is 0.340 e. The van der Waals surface area contributed by atoms with E-state index in [1.165, 1.54) is 12.8 Å². The maximum absolute atomic E-state index is 11.3. The van der Waals surface area contributed by atoms with Crippen LogP contribution in [0.15, 0.2) is 0 Å². The van der Waals surface area contributed by atoms with Gasteiger partial charge in [-0.25, -0.2) is 0 Å². The third-order valence-electron chi connectivity index (χ3n) is 4.37. The summed E-state index contributed by atoms with van der Waals surface area (Å²) in [4.78, 5) is 28.4. The van der Waals surface area contributed by atoms with Gasteiger partial charge in [0, 0.05) is 39.6 Å². The second kappa shape index (κ2) is 7.01. The van der Waals surface area contributed by atoms with E-state index < -0.39 is 0 Å². The number of aldehydes is 1. The molecule has 0 unspecified atom stereocenters. The first-order valence-electron chi connectivity index (χ1n) is 7.33. The van der Waals surface area contributed by atoms with Crippen LogP contribution in [0.5, 0.6) is 0 Å². The Morgan fingerprint density at radius 2 is 1.68 bits per heavy atom. The zero-order valence-corrected chi connectivity index (χ0v) is 11.9. The highest BCUT2D eigenvalue weighted by Gasteiger charge is 2.24. The summed E-state index contributed by atoms with van der Waals surface area (Å²) in [6, 6.07) is 0. The Bertz CT molecular complexity index is 306. The molecule has 0 aromatic heterocycles. The van der Waals surface area contributed by atoms with Crippen LogP contribution in [0.2, 0.25) is 0 Å². The number of likely N-dealkylation sites (tertiary alicyclic amines) is 1. The van der Waals surface area contributed by atoms with Crippen LogP contribution < -0.4 is 0 Å². The Kier molecular flexibility index (Phi) is 5.34. The first-order chi connectivity index (χ1) is 9.19. The zero-order valence-electron chi connectivity index (χ0n) is 11.9. The van der Waals surface area contributed by atoms with Gasteiger partial charge in [0.1, 0.15) is 6.29 Å². The molecule has 0 bridgehead atoms. The average Bonchev–Trinajstić information content (AvgIpc) is 2.42. The zero-order chi connectivity index (χ0) is 13.7. The molecule has 2 fully saturated rings. The first kappa shape index (κ1) is 14.5. The van der Waals surface area contributed by atoms with Gasteiger partial charge in [0.2, 0.25) is 5.91 Å². The number of rotatable bonds is 4. The fourth-order valence-corrected chi connectivity index (χ4v) is 3.07. The second-order valence-electron chi connectivity index (χ2n) is 5.72. The summed E-state index contributed by atoms with van der Waals surface area (Å²) in [6.45, 7) is 9.26. The van der Waals surface area contributed by atoms with Gasteiger partial charge in [-0.2, -0.15) is 0 Å². The summed E-state index contributed by atoms with van der Waals surface area (Å²) in [6.07, 6.45) is 3.39. The molecular formula is C14H25N3O2. The lowest BCUT2D eigenvalue weighted by Gasteiger charge is -2.38. The van der Waals surface area contributed by atoms with Gasteiger partial charge in [0.25, 0.3) is 0 Å². The van der Waals surface area contributed by atoms with Crippen LogP contribution in [0.4, 0.5) is 0 Å². The van der Waals surface area contributed by atoms with Crippen molar-refractivity contribution >= 4 is 12.2 Å². The summed E-state index contributed by atoms with van der Waals surface area (Å²) in [7, 11) is 0. The smallest absolute Gasteiger partial charge is 0.219 e. The van der Waals surface area contributed by atoms with E-state index in [9.17, 15) is 9.59 Å². The highest BCUT2D eigenvalue weighted by atomic mass is 16.2. The van der Waals surface area contributed by atoms with Crippen LogP contribution in [-0.2, 0) is 9.59 Å². The Morgan fingerprint density at radius 3 is 2.21 bits per heavy atom. The summed E-state index contributed by atoms with van der Waals surface area (Å²) in [5.74, 6) is 0.952. The minimum Gasteiger partial charge on any atom is -0.340 e. The van der Waals surface area contributed by atoms with E-state index in [4.69, 9.17) is 0 Å². The minimum absolute atomic E-state index is 0.196. The molecule has 5 heteroatoms. The van der Waals surface area contributed by atoms with E-state index in [0.717, 1.165) is 58.0 Å². The standard InChI is InChI=1S/C14H25N3O2/c1-13(19)17-8-6-16(7-9-17)12-14-2-4-15(5-3-14)10-11-18/h11,14H,2-10,12H2,1H3. The molecule has 1 amide bonds. The van der Waals surface area contributed by atoms with Crippen molar-refractivity contribution in [1.29, 1.82) is 0 Å². The van der Waals surface area contributed by atoms with E-state index in [0.29, 0.717) is 6.54 Å². The predicted octanol–water partition coefficient (Wildman–Crippen LogP) is 0.0614. The summed E-state index contributed by atoms with van der Waals surface area (Å²) in [5.41, 5.74) is 0. The first-order valence-corrected chi connectivity index (χ1v) is 7.33. The number of hydrogen-bond acceptors (Lipinski definition) is 4. The van der Waals surface area contributed by atoms with Crippen LogP contribution in [0, 0.1) is 5.92 Å². The monoisotopic (exact) mass is 267 g/mol. The molecule has 5 nitrogen and oxygen atoms in total. The number of carbonyl (C=O) groups excluding carboxylic acids is 2. The van der Waals surface area contributed by atoms with Crippen molar-refractivity contribution in [2.75, 3.05) is 52.4 Å². The van der Waals surface area contributed by atoms with Crippen molar-refractivity contribution in [2.45, 2.75) is 19.8 Å². The van der Waals surface area contributed by atoms with Crippen molar-refractivity contribution in [1.82, 2.24) is 14.7 Å². The molecule has 2 saturated heterocycles. The molecule has 0 spiro atoms. The van der Waals surface area contributed by atoms with Crippen molar-refractivity contribution in [3.8, 4) is 0 Å². The van der Waals surface area contributed by atoms with E-state index >= 15 is 0 Å². The fraction of sp³-hybridized carbons (Fsp3) is 0.857. The topological polar surface area (TPSA) is 43.9 Å². The fourth-order valence-electron chi connectivity index (χ4n) is 3.07. The number of piperidine rings is 1. The molecule has 2 aliphatic heterocycles. The molecule has 0 atom stereocenters. The molecule has 2 heterocycles. The predicted molar refractivity (Wildman–Crippen MR) is 73.9 cm³/mol. The summed E-state index contributed by atoms with van der Waals surface area (Å²) >= 11 is 0. The highest BCUT2D eigenvalue weighted by molar-refractivity contribution is 5.73. The number of piperazine rings is 1. The van der Waals surface area contributed by atoms with Crippen LogP contribution >= 0.6 is 0 Å². The number of hydrogen-bond donors (Lipinski definition) is 0. The quantitative estimate of drug-likeness (QED) is 0.676. The van der Waals surface area contributed by atoms with Gasteiger partial charge < -0.3 is 9.69 Å². The van der Waals surface area contributed by atoms with Crippen LogP contribution in [-0.4, -0.2) is 79.3 Å². The van der Waals surface area contributed by atoms with Crippen molar-refractivity contribution in [3.63, 3.8) is 0 Å². The molecule has 0 aromatic carbocycles. The van der Waals surface area contributed by atoms with Gasteiger partial charge >= 0.3 is 0 Å². The Labute approximate surface area is 115 Å². The molecule has 0 radical (unpaired) electrons. The molecular weight excluding hydrogens is 242 g/mol. The van der Waals surface area contributed by atoms with Gasteiger partial charge in [0.15, 0.2) is 0 Å². The molecule has 19 heavy (non-hydrogen) atoms. The maximum Gasteiger partial charge on any atom is 0.219 e. The molecule has 0 N–H and O–H groups in total. The maximum atomic E-state index is 11.3. The summed E-state index contributed by atoms with van der Waals surface area (Å²) < 4.78 is 0. The van der Waals surface area contributed by atoms with E-state index in [-0.39, 0.29) is 5.91 Å². The van der Waals surface area contributed by atoms with Gasteiger partial charge in [-0.1, -0.05) is 0 Å². The normalized spacial score (nSPS) is 23.5. The van der Waals surface area contributed by atoms with Gasteiger partial charge in [0.05, 0.1) is 6.54 Å². The molecule has 2 rings (SSSR count). The molecule has 0 saturated carbocycles. The molecule has 0 aromatic rings. The lowest BCUT2D eigenvalue weighted by atomic mass is 9.96. The third-order valence-corrected chi connectivity index (χ3v) is 4.37. The van der Waals surface area contributed by atoms with Gasteiger partial charge in [-0.15, -0.1) is 0 Å². The Morgan fingerprint density at radius 1 is 1.05 bits per heavy atom. The van der Waals surface area contributed by atoms with Crippen molar-refractivity contribution in [3.05, 3.63) is 0 Å². The van der Waals surface area contributed by atoms with E-state index in [1.807, 2.05) is 4.90 Å². The highest BCUT2D eigenvalue weighted by Crippen LogP contribution is 2.18. The summed E-state index contributed by atoms with van der Waals surface area (Å²) in [5, 5.41) is 0. The van der Waals surface area contributed by atoms with Crippen molar-refractivity contribution < 1.29 is 9.59 Å². The number of nitrogens with zero attached hydrogens (tertiary/aromatic N) is 3. The SMILES string of the molecule is CC(=O)N1CCN(CC2CCN(CC=O)CC2)CC1. The lowest BCUT2D eigenvalue weighted by Crippen LogP contribution is -2.50. The molecule has 2 aliphatic rings. The lowest BCUT2D eigenvalue weighted by molar-refractivity contribution is -0.130. The molecule has 0 aliphatic carbocycles. The minimum atomic E-state index is 0.196. The van der Waals surface area contributed by atoms with Crippen LogP contribution in [0.3, 0.4) is 0 Å². The van der Waals surface area contributed by atoms with E-state index in [2.05, 4.69) is 9.80 Å². The van der Waals surface area contributed by atoms with Crippen molar-refractivity contribution in [2.24, 2.45) is 5.92 Å². The van der Waals surface area contributed by atoms with Gasteiger partial charge in [-0.05, 0) is 31.8 Å². The Balaban J connectivity index is 1.66. The average molecular weight is 267 g/mol. The van der Waals surface area contributed by atoms with Crippen LogP contribution in [0.25, 0.3) is 0 Å². The van der Waals surface area contributed by atoms with Gasteiger partial charge in [-0.3, -0.25) is 14.6 Å². The number of carbonyl (C=O) groups is 2.